The number of halogens is 3. The van der Waals surface area contributed by atoms with Crippen molar-refractivity contribution in [3.63, 3.8) is 0 Å². The Kier molecular flexibility index (Phi) is 2.94. The fraction of sp³-hybridized carbons (Fsp3) is 0.786. The van der Waals surface area contributed by atoms with Crippen molar-refractivity contribution < 1.29 is 22.5 Å². The van der Waals surface area contributed by atoms with E-state index in [9.17, 15) is 18.0 Å². The first-order valence-corrected chi connectivity index (χ1v) is 7.16. The van der Waals surface area contributed by atoms with E-state index in [1.165, 1.54) is 0 Å². The Bertz CT molecular complexity index is 601. The number of nitrogens with zero attached hydrogens (tertiary/aromatic N) is 3. The minimum absolute atomic E-state index is 0.0469. The van der Waals surface area contributed by atoms with E-state index in [-0.39, 0.29) is 34.5 Å². The van der Waals surface area contributed by atoms with Gasteiger partial charge in [-0.3, -0.25) is 4.79 Å². The predicted molar refractivity (Wildman–Crippen MR) is 69.7 cm³/mol. The maximum Gasteiger partial charge on any atom is 0.455 e. The van der Waals surface area contributed by atoms with Crippen LogP contribution in [0, 0.1) is 16.7 Å². The maximum atomic E-state index is 12.4. The van der Waals surface area contributed by atoms with Crippen molar-refractivity contribution in [2.75, 3.05) is 13.1 Å². The number of hydrogen-bond donors (Lipinski definition) is 0. The molecule has 3 rings (SSSR count). The van der Waals surface area contributed by atoms with Gasteiger partial charge in [-0.2, -0.15) is 18.2 Å². The minimum atomic E-state index is -4.61. The molecule has 1 aromatic heterocycles. The quantitative estimate of drug-likeness (QED) is 0.841. The van der Waals surface area contributed by atoms with E-state index < -0.39 is 12.0 Å². The summed E-state index contributed by atoms with van der Waals surface area (Å²) < 4.78 is 41.9. The fourth-order valence-corrected chi connectivity index (χ4v) is 3.33. The van der Waals surface area contributed by atoms with Crippen molar-refractivity contribution in [2.24, 2.45) is 16.7 Å². The van der Waals surface area contributed by atoms with Crippen molar-refractivity contribution in [1.82, 2.24) is 15.0 Å². The molecular formula is C14H18F3N3O2. The summed E-state index contributed by atoms with van der Waals surface area (Å²) in [5, 5.41) is 2.94. The highest BCUT2D eigenvalue weighted by molar-refractivity contribution is 5.85. The van der Waals surface area contributed by atoms with Crippen LogP contribution in [0.3, 0.4) is 0 Å². The smallest absolute Gasteiger partial charge is 0.341 e. The van der Waals surface area contributed by atoms with Gasteiger partial charge in [0.15, 0.2) is 0 Å². The highest BCUT2D eigenvalue weighted by Gasteiger charge is 2.69. The molecule has 0 unspecified atom stereocenters. The third kappa shape index (κ3) is 2.03. The monoisotopic (exact) mass is 317 g/mol. The Hall–Kier alpha value is -1.60. The molecule has 2 aliphatic rings. The van der Waals surface area contributed by atoms with Crippen LogP contribution in [0.4, 0.5) is 13.2 Å². The average Bonchev–Trinajstić information content (AvgIpc) is 2.65. The molecule has 0 radical (unpaired) electrons. The van der Waals surface area contributed by atoms with Gasteiger partial charge >= 0.3 is 6.18 Å². The van der Waals surface area contributed by atoms with E-state index in [0.717, 1.165) is 0 Å². The molecule has 0 atom stereocenters. The number of likely N-dealkylation sites (tertiary alicyclic amines) is 1. The zero-order valence-corrected chi connectivity index (χ0v) is 12.9. The zero-order valence-electron chi connectivity index (χ0n) is 12.9. The normalized spacial score (nSPS) is 24.2. The molecule has 1 saturated heterocycles. The number of hydrogen-bond acceptors (Lipinski definition) is 4. The number of carbonyl (C=O) groups excluding carboxylic acids is 1. The molecule has 1 saturated carbocycles. The largest absolute Gasteiger partial charge is 0.455 e. The van der Waals surface area contributed by atoms with Crippen LogP contribution in [0.1, 0.15) is 45.3 Å². The number of amides is 1. The molecule has 0 aromatic carbocycles. The Morgan fingerprint density at radius 2 is 1.77 bits per heavy atom. The van der Waals surface area contributed by atoms with E-state index in [1.54, 1.807) is 4.90 Å². The number of aromatic nitrogens is 2. The van der Waals surface area contributed by atoms with Gasteiger partial charge in [0.1, 0.15) is 0 Å². The van der Waals surface area contributed by atoms with Crippen molar-refractivity contribution >= 4 is 5.91 Å². The lowest BCUT2D eigenvalue weighted by atomic mass is 9.98. The summed E-state index contributed by atoms with van der Waals surface area (Å²) >= 11 is 0. The van der Waals surface area contributed by atoms with Gasteiger partial charge in [0.05, 0.1) is 5.92 Å². The van der Waals surface area contributed by atoms with E-state index in [0.29, 0.717) is 13.1 Å². The molecule has 1 aromatic rings. The first-order chi connectivity index (χ1) is 9.96. The van der Waals surface area contributed by atoms with Crippen molar-refractivity contribution in [3.05, 3.63) is 11.7 Å². The molecule has 1 aliphatic heterocycles. The molecule has 2 heterocycles. The van der Waals surface area contributed by atoms with E-state index in [4.69, 9.17) is 0 Å². The summed E-state index contributed by atoms with van der Waals surface area (Å²) in [7, 11) is 0. The van der Waals surface area contributed by atoms with E-state index >= 15 is 0 Å². The molecule has 22 heavy (non-hydrogen) atoms. The predicted octanol–water partition coefficient (Wildman–Crippen LogP) is 2.70. The first kappa shape index (κ1) is 15.3. The molecule has 1 amide bonds. The Morgan fingerprint density at radius 3 is 2.18 bits per heavy atom. The molecule has 0 spiro atoms. The molecular weight excluding hydrogens is 299 g/mol. The van der Waals surface area contributed by atoms with Gasteiger partial charge in [-0.05, 0) is 10.8 Å². The summed E-state index contributed by atoms with van der Waals surface area (Å²) in [4.78, 5) is 17.5. The Labute approximate surface area is 125 Å². The van der Waals surface area contributed by atoms with Gasteiger partial charge in [0, 0.05) is 19.0 Å². The van der Waals surface area contributed by atoms with E-state index in [1.807, 2.05) is 0 Å². The van der Waals surface area contributed by atoms with Crippen molar-refractivity contribution in [1.29, 1.82) is 0 Å². The van der Waals surface area contributed by atoms with Crippen LogP contribution in [0.2, 0.25) is 0 Å². The standard InChI is InChI=1S/C14H18F3N3O2/c1-12(2)8(13(12,3)4)10(21)20-5-7(6-20)9-18-11(19-22-9)14(15,16)17/h7-8H,5-6H2,1-4H3. The van der Waals surface area contributed by atoms with Gasteiger partial charge < -0.3 is 9.42 Å². The number of alkyl halides is 3. The lowest BCUT2D eigenvalue weighted by molar-refractivity contribution is -0.146. The van der Waals surface area contributed by atoms with Crippen molar-refractivity contribution in [3.8, 4) is 0 Å². The first-order valence-electron chi connectivity index (χ1n) is 7.16. The molecule has 1 aliphatic carbocycles. The molecule has 0 N–H and O–H groups in total. The van der Waals surface area contributed by atoms with Crippen molar-refractivity contribution in [2.45, 2.75) is 39.8 Å². The summed E-state index contributed by atoms with van der Waals surface area (Å²) in [5.41, 5.74) is -0.105. The van der Waals surface area contributed by atoms with Crippen LogP contribution < -0.4 is 0 Å². The molecule has 2 fully saturated rings. The summed E-state index contributed by atoms with van der Waals surface area (Å²) in [6.07, 6.45) is -4.61. The Balaban J connectivity index is 1.61. The number of rotatable bonds is 2. The molecule has 5 nitrogen and oxygen atoms in total. The topological polar surface area (TPSA) is 59.2 Å². The van der Waals surface area contributed by atoms with Crippen LogP contribution in [0.5, 0.6) is 0 Å². The van der Waals surface area contributed by atoms with E-state index in [2.05, 4.69) is 42.4 Å². The molecule has 122 valence electrons. The maximum absolute atomic E-state index is 12.4. The van der Waals surface area contributed by atoms with Gasteiger partial charge in [-0.15, -0.1) is 0 Å². The molecule has 8 heteroatoms. The third-order valence-electron chi connectivity index (χ3n) is 5.51. The van der Waals surface area contributed by atoms with Gasteiger partial charge in [0.2, 0.25) is 11.8 Å². The zero-order chi connectivity index (χ0) is 16.5. The lowest BCUT2D eigenvalue weighted by Gasteiger charge is -2.37. The second-order valence-electron chi connectivity index (χ2n) is 7.27. The lowest BCUT2D eigenvalue weighted by Crippen LogP contribution is -2.50. The van der Waals surface area contributed by atoms with Crippen LogP contribution in [-0.4, -0.2) is 34.0 Å². The summed E-state index contributed by atoms with van der Waals surface area (Å²) in [5.74, 6) is -1.61. The number of carbonyl (C=O) groups is 1. The highest BCUT2D eigenvalue weighted by Crippen LogP contribution is 2.69. The van der Waals surface area contributed by atoms with Crippen LogP contribution in [0.25, 0.3) is 0 Å². The van der Waals surface area contributed by atoms with Crippen LogP contribution >= 0.6 is 0 Å². The third-order valence-corrected chi connectivity index (χ3v) is 5.51. The van der Waals surface area contributed by atoms with Crippen LogP contribution in [0.15, 0.2) is 4.52 Å². The minimum Gasteiger partial charge on any atom is -0.341 e. The molecule has 0 bridgehead atoms. The SMILES string of the molecule is CC1(C)C(C(=O)N2CC(c3nc(C(F)(F)F)no3)C2)C1(C)C. The van der Waals surface area contributed by atoms with Gasteiger partial charge in [-0.1, -0.05) is 32.9 Å². The second kappa shape index (κ2) is 4.23. The second-order valence-corrected chi connectivity index (χ2v) is 7.27. The Morgan fingerprint density at radius 1 is 1.23 bits per heavy atom. The average molecular weight is 317 g/mol. The van der Waals surface area contributed by atoms with Crippen LogP contribution in [-0.2, 0) is 11.0 Å². The highest BCUT2D eigenvalue weighted by atomic mass is 19.4. The van der Waals surface area contributed by atoms with Gasteiger partial charge in [-0.25, -0.2) is 0 Å². The summed E-state index contributed by atoms with van der Waals surface area (Å²) in [6.45, 7) is 8.89. The fourth-order valence-electron chi connectivity index (χ4n) is 3.33. The summed E-state index contributed by atoms with van der Waals surface area (Å²) in [6, 6.07) is 0. The van der Waals surface area contributed by atoms with Gasteiger partial charge in [0.25, 0.3) is 5.82 Å².